The number of aliphatic hydroxyl groups excluding tert-OH is 1. The van der Waals surface area contributed by atoms with Gasteiger partial charge in [0.1, 0.15) is 0 Å². The maximum absolute atomic E-state index is 12.6. The van der Waals surface area contributed by atoms with E-state index in [0.717, 1.165) is 12.1 Å². The normalized spacial score (nSPS) is 35.9. The highest BCUT2D eigenvalue weighted by atomic mass is 35.5. The minimum atomic E-state index is -0.575. The van der Waals surface area contributed by atoms with Crippen molar-refractivity contribution in [3.8, 4) is 0 Å². The van der Waals surface area contributed by atoms with Crippen molar-refractivity contribution in [1.82, 2.24) is 0 Å². The predicted octanol–water partition coefficient (Wildman–Crippen LogP) is 2.78. The van der Waals surface area contributed by atoms with Gasteiger partial charge in [0, 0.05) is 16.4 Å². The van der Waals surface area contributed by atoms with E-state index in [2.05, 4.69) is 0 Å². The van der Waals surface area contributed by atoms with Crippen molar-refractivity contribution in [2.24, 2.45) is 5.92 Å². The predicted molar refractivity (Wildman–Crippen MR) is 80.3 cm³/mol. The molecular formula is C15H17Cl2NO2. The molecule has 0 aliphatic heterocycles. The van der Waals surface area contributed by atoms with Crippen LogP contribution in [-0.2, 0) is 4.79 Å². The van der Waals surface area contributed by atoms with Crippen LogP contribution in [0, 0.1) is 5.92 Å². The highest BCUT2D eigenvalue weighted by molar-refractivity contribution is 6.25. The van der Waals surface area contributed by atoms with Gasteiger partial charge in [-0.3, -0.25) is 4.79 Å². The first-order valence-electron chi connectivity index (χ1n) is 6.92. The number of anilines is 1. The zero-order chi connectivity index (χ0) is 14.3. The van der Waals surface area contributed by atoms with Gasteiger partial charge in [-0.2, -0.15) is 0 Å². The first-order valence-corrected chi connectivity index (χ1v) is 7.79. The van der Waals surface area contributed by atoms with Crippen LogP contribution >= 0.6 is 23.2 Å². The molecule has 5 atom stereocenters. The fraction of sp³-hybridized carbons (Fsp3) is 0.533. The molecule has 5 heteroatoms. The van der Waals surface area contributed by atoms with E-state index in [4.69, 9.17) is 23.2 Å². The number of alkyl halides is 2. The highest BCUT2D eigenvalue weighted by Crippen LogP contribution is 2.41. The van der Waals surface area contributed by atoms with Gasteiger partial charge in [-0.25, -0.2) is 0 Å². The lowest BCUT2D eigenvalue weighted by Gasteiger charge is -2.31. The van der Waals surface area contributed by atoms with E-state index in [-0.39, 0.29) is 28.6 Å². The second-order valence-electron chi connectivity index (χ2n) is 5.61. The summed E-state index contributed by atoms with van der Waals surface area (Å²) in [7, 11) is 0. The third-order valence-corrected chi connectivity index (χ3v) is 4.91. The minimum absolute atomic E-state index is 0.00557. The van der Waals surface area contributed by atoms with Gasteiger partial charge in [-0.1, -0.05) is 18.2 Å². The molecular weight excluding hydrogens is 297 g/mol. The molecule has 108 valence electrons. The quantitative estimate of drug-likeness (QED) is 0.872. The zero-order valence-electron chi connectivity index (χ0n) is 11.0. The van der Waals surface area contributed by atoms with Crippen LogP contribution in [0.4, 0.5) is 5.69 Å². The Hall–Kier alpha value is -0.770. The van der Waals surface area contributed by atoms with Crippen molar-refractivity contribution in [3.05, 3.63) is 30.3 Å². The van der Waals surface area contributed by atoms with Crippen LogP contribution < -0.4 is 4.90 Å². The Bertz CT molecular complexity index is 496. The molecule has 2 fully saturated rings. The van der Waals surface area contributed by atoms with Crippen LogP contribution in [0.2, 0.25) is 0 Å². The Morgan fingerprint density at radius 1 is 1.15 bits per heavy atom. The van der Waals surface area contributed by atoms with Crippen molar-refractivity contribution in [2.75, 3.05) is 4.90 Å². The second kappa shape index (κ2) is 5.55. The zero-order valence-corrected chi connectivity index (χ0v) is 12.5. The van der Waals surface area contributed by atoms with Gasteiger partial charge in [-0.15, -0.1) is 23.2 Å². The van der Waals surface area contributed by atoms with E-state index < -0.39 is 6.10 Å². The molecule has 5 unspecified atom stereocenters. The lowest BCUT2D eigenvalue weighted by atomic mass is 10.1. The van der Waals surface area contributed by atoms with Crippen LogP contribution in [0.3, 0.4) is 0 Å². The van der Waals surface area contributed by atoms with Gasteiger partial charge in [0.05, 0.1) is 18.1 Å². The van der Waals surface area contributed by atoms with E-state index in [1.165, 1.54) is 0 Å². The van der Waals surface area contributed by atoms with Crippen LogP contribution in [0.5, 0.6) is 0 Å². The highest BCUT2D eigenvalue weighted by Gasteiger charge is 2.48. The Balaban J connectivity index is 1.89. The van der Waals surface area contributed by atoms with Crippen molar-refractivity contribution in [3.63, 3.8) is 0 Å². The molecule has 1 aromatic rings. The smallest absolute Gasteiger partial charge is 0.231 e. The summed E-state index contributed by atoms with van der Waals surface area (Å²) in [5.41, 5.74) is 0.808. The third kappa shape index (κ3) is 2.67. The Labute approximate surface area is 128 Å². The number of halogens is 2. The molecule has 3 rings (SSSR count). The van der Waals surface area contributed by atoms with Crippen LogP contribution in [-0.4, -0.2) is 33.9 Å². The number of aliphatic hydroxyl groups is 1. The first kappa shape index (κ1) is 14.2. The maximum atomic E-state index is 12.6. The molecule has 0 bridgehead atoms. The summed E-state index contributed by atoms with van der Waals surface area (Å²) >= 11 is 12.2. The molecule has 0 saturated heterocycles. The van der Waals surface area contributed by atoms with E-state index in [0.29, 0.717) is 12.8 Å². The fourth-order valence-corrected chi connectivity index (χ4v) is 3.55. The standard InChI is InChI=1S/C15H17Cl2NO2/c16-9-6-13(14(19)7-9)18(10-4-2-1-3-5-10)15(20)11-8-12(11)17/h1-5,9,11-14,19H,6-8H2. The number of amides is 1. The summed E-state index contributed by atoms with van der Waals surface area (Å²) < 4.78 is 0. The van der Waals surface area contributed by atoms with E-state index >= 15 is 0 Å². The Morgan fingerprint density at radius 3 is 2.30 bits per heavy atom. The topological polar surface area (TPSA) is 40.5 Å². The van der Waals surface area contributed by atoms with Crippen LogP contribution in [0.1, 0.15) is 19.3 Å². The molecule has 0 heterocycles. The number of hydrogen-bond acceptors (Lipinski definition) is 2. The minimum Gasteiger partial charge on any atom is -0.391 e. The van der Waals surface area contributed by atoms with Crippen molar-refractivity contribution < 1.29 is 9.90 Å². The molecule has 20 heavy (non-hydrogen) atoms. The molecule has 1 aromatic carbocycles. The molecule has 2 saturated carbocycles. The molecule has 0 aromatic heterocycles. The van der Waals surface area contributed by atoms with Gasteiger partial charge in [0.25, 0.3) is 0 Å². The average molecular weight is 314 g/mol. The third-order valence-electron chi connectivity index (χ3n) is 4.07. The number of hydrogen-bond donors (Lipinski definition) is 1. The van der Waals surface area contributed by atoms with Gasteiger partial charge in [0.15, 0.2) is 0 Å². The molecule has 0 radical (unpaired) electrons. The molecule has 1 amide bonds. The van der Waals surface area contributed by atoms with Crippen molar-refractivity contribution >= 4 is 34.8 Å². The average Bonchev–Trinajstić information content (AvgIpc) is 3.07. The second-order valence-corrected chi connectivity index (χ2v) is 6.78. The van der Waals surface area contributed by atoms with E-state index in [9.17, 15) is 9.90 Å². The number of benzene rings is 1. The number of para-hydroxylation sites is 1. The molecule has 3 nitrogen and oxygen atoms in total. The fourth-order valence-electron chi connectivity index (χ4n) is 2.88. The molecule has 2 aliphatic carbocycles. The lowest BCUT2D eigenvalue weighted by Crippen LogP contribution is -2.45. The van der Waals surface area contributed by atoms with Crippen LogP contribution in [0.25, 0.3) is 0 Å². The van der Waals surface area contributed by atoms with Crippen molar-refractivity contribution in [1.29, 1.82) is 0 Å². The summed E-state index contributed by atoms with van der Waals surface area (Å²) in [6, 6.07) is 9.20. The van der Waals surface area contributed by atoms with E-state index in [1.54, 1.807) is 4.90 Å². The van der Waals surface area contributed by atoms with Gasteiger partial charge in [0.2, 0.25) is 5.91 Å². The first-order chi connectivity index (χ1) is 9.58. The number of nitrogens with zero attached hydrogens (tertiary/aromatic N) is 1. The molecule has 0 spiro atoms. The van der Waals surface area contributed by atoms with Crippen molar-refractivity contribution in [2.45, 2.75) is 42.2 Å². The van der Waals surface area contributed by atoms with Gasteiger partial charge in [-0.05, 0) is 31.4 Å². The molecule has 2 aliphatic rings. The van der Waals surface area contributed by atoms with Crippen LogP contribution in [0.15, 0.2) is 30.3 Å². The SMILES string of the molecule is O=C(C1CC1Cl)N(c1ccccc1)C1CC(Cl)CC1O. The van der Waals surface area contributed by atoms with Gasteiger partial charge >= 0.3 is 0 Å². The lowest BCUT2D eigenvalue weighted by molar-refractivity contribution is -0.120. The van der Waals surface area contributed by atoms with Gasteiger partial charge < -0.3 is 10.0 Å². The summed E-state index contributed by atoms with van der Waals surface area (Å²) in [4.78, 5) is 14.4. The largest absolute Gasteiger partial charge is 0.391 e. The number of carbonyl (C=O) groups is 1. The Kier molecular flexibility index (Phi) is 3.93. The summed E-state index contributed by atoms with van der Waals surface area (Å²) in [5.74, 6) is -0.121. The summed E-state index contributed by atoms with van der Waals surface area (Å²) in [6.07, 6.45) is 1.28. The number of rotatable bonds is 3. The monoisotopic (exact) mass is 313 g/mol. The number of carbonyl (C=O) groups excluding carboxylic acids is 1. The summed E-state index contributed by atoms with van der Waals surface area (Å²) in [6.45, 7) is 0. The molecule has 1 N–H and O–H groups in total. The maximum Gasteiger partial charge on any atom is 0.231 e. The summed E-state index contributed by atoms with van der Waals surface area (Å²) in [5, 5.41) is 10.0. The van der Waals surface area contributed by atoms with E-state index in [1.807, 2.05) is 30.3 Å². The Morgan fingerprint density at radius 2 is 1.80 bits per heavy atom.